The van der Waals surface area contributed by atoms with Gasteiger partial charge in [0.1, 0.15) is 5.75 Å². The highest BCUT2D eigenvalue weighted by Gasteiger charge is 2.13. The highest BCUT2D eigenvalue weighted by atomic mass is 35.5. The Hall–Kier alpha value is -2.78. The Labute approximate surface area is 145 Å². The van der Waals surface area contributed by atoms with Crippen LogP contribution in [0.3, 0.4) is 0 Å². The molecule has 24 heavy (non-hydrogen) atoms. The minimum Gasteiger partial charge on any atom is -0.507 e. The average Bonchev–Trinajstić information content (AvgIpc) is 2.59. The van der Waals surface area contributed by atoms with Gasteiger partial charge in [-0.15, -0.1) is 0 Å². The van der Waals surface area contributed by atoms with Crippen molar-refractivity contribution in [2.45, 2.75) is 6.92 Å². The Morgan fingerprint density at radius 1 is 0.958 bits per heavy atom. The van der Waals surface area contributed by atoms with Crippen LogP contribution in [-0.2, 0) is 0 Å². The molecule has 4 heteroatoms. The number of hydrogen-bond donors (Lipinski definition) is 2. The Balaban J connectivity index is 1.92. The van der Waals surface area contributed by atoms with E-state index in [0.29, 0.717) is 10.7 Å². The third kappa shape index (κ3) is 3.42. The predicted molar refractivity (Wildman–Crippen MR) is 97.7 cm³/mol. The van der Waals surface area contributed by atoms with Crippen LogP contribution in [0, 0.1) is 6.92 Å². The first-order chi connectivity index (χ1) is 11.5. The maximum atomic E-state index is 12.5. The fourth-order valence-electron chi connectivity index (χ4n) is 2.45. The molecule has 3 aromatic carbocycles. The van der Waals surface area contributed by atoms with Gasteiger partial charge in [-0.05, 0) is 47.9 Å². The largest absolute Gasteiger partial charge is 0.507 e. The van der Waals surface area contributed by atoms with Crippen molar-refractivity contribution in [1.29, 1.82) is 0 Å². The number of aryl methyl sites for hydroxylation is 1. The lowest BCUT2D eigenvalue weighted by molar-refractivity contribution is 0.102. The van der Waals surface area contributed by atoms with E-state index >= 15 is 0 Å². The number of amides is 1. The molecule has 0 unspecified atom stereocenters. The number of carbonyl (C=O) groups is 1. The molecule has 0 spiro atoms. The van der Waals surface area contributed by atoms with Gasteiger partial charge >= 0.3 is 0 Å². The Kier molecular flexibility index (Phi) is 4.54. The topological polar surface area (TPSA) is 49.3 Å². The number of carbonyl (C=O) groups excluding carboxylic acids is 1. The number of aromatic hydroxyl groups is 1. The predicted octanol–water partition coefficient (Wildman–Crippen LogP) is 5.27. The highest BCUT2D eigenvalue weighted by molar-refractivity contribution is 6.31. The molecule has 0 bridgehead atoms. The monoisotopic (exact) mass is 337 g/mol. The van der Waals surface area contributed by atoms with Crippen LogP contribution in [0.15, 0.2) is 66.7 Å². The lowest BCUT2D eigenvalue weighted by atomic mass is 10.0. The lowest BCUT2D eigenvalue weighted by Crippen LogP contribution is -2.13. The van der Waals surface area contributed by atoms with Gasteiger partial charge in [-0.25, -0.2) is 0 Å². The summed E-state index contributed by atoms with van der Waals surface area (Å²) in [6.45, 7) is 1.92. The van der Waals surface area contributed by atoms with Gasteiger partial charge in [-0.2, -0.15) is 0 Å². The molecule has 3 rings (SSSR count). The molecule has 0 saturated heterocycles. The number of halogens is 1. The first-order valence-electron chi connectivity index (χ1n) is 7.50. The normalized spacial score (nSPS) is 10.4. The molecule has 0 aliphatic carbocycles. The molecule has 0 heterocycles. The van der Waals surface area contributed by atoms with Crippen molar-refractivity contribution in [3.05, 3.63) is 82.9 Å². The van der Waals surface area contributed by atoms with E-state index in [4.69, 9.17) is 11.6 Å². The van der Waals surface area contributed by atoms with Crippen LogP contribution in [-0.4, -0.2) is 11.0 Å². The second-order valence-corrected chi connectivity index (χ2v) is 5.95. The van der Waals surface area contributed by atoms with Gasteiger partial charge in [0.2, 0.25) is 0 Å². The van der Waals surface area contributed by atoms with Gasteiger partial charge in [0.25, 0.3) is 5.91 Å². The molecule has 2 N–H and O–H groups in total. The fraction of sp³-hybridized carbons (Fsp3) is 0.0500. The van der Waals surface area contributed by atoms with Crippen LogP contribution >= 0.6 is 11.6 Å². The average molecular weight is 338 g/mol. The van der Waals surface area contributed by atoms with Gasteiger partial charge in [-0.3, -0.25) is 4.79 Å². The molecular formula is C20H16ClNO2. The second-order valence-electron chi connectivity index (χ2n) is 5.51. The van der Waals surface area contributed by atoms with Crippen LogP contribution in [0.2, 0.25) is 5.02 Å². The van der Waals surface area contributed by atoms with Crippen molar-refractivity contribution in [2.75, 3.05) is 5.32 Å². The van der Waals surface area contributed by atoms with Crippen LogP contribution < -0.4 is 5.32 Å². The third-order valence-electron chi connectivity index (χ3n) is 3.80. The quantitative estimate of drug-likeness (QED) is 0.683. The Morgan fingerprint density at radius 2 is 1.71 bits per heavy atom. The van der Waals surface area contributed by atoms with E-state index in [-0.39, 0.29) is 11.3 Å². The SMILES string of the molecule is Cc1ccc(-c2ccccc2)cc1NC(=O)c1cc(Cl)ccc1O. The van der Waals surface area contributed by atoms with E-state index in [9.17, 15) is 9.90 Å². The molecule has 0 aliphatic rings. The molecule has 0 atom stereocenters. The number of benzene rings is 3. The van der Waals surface area contributed by atoms with E-state index in [1.54, 1.807) is 0 Å². The number of phenolic OH excluding ortho intramolecular Hbond substituents is 1. The van der Waals surface area contributed by atoms with Gasteiger partial charge < -0.3 is 10.4 Å². The summed E-state index contributed by atoms with van der Waals surface area (Å²) >= 11 is 5.91. The fourth-order valence-corrected chi connectivity index (χ4v) is 2.62. The zero-order valence-corrected chi connectivity index (χ0v) is 13.8. The van der Waals surface area contributed by atoms with Crippen molar-refractivity contribution in [1.82, 2.24) is 0 Å². The van der Waals surface area contributed by atoms with Crippen LogP contribution in [0.1, 0.15) is 15.9 Å². The Bertz CT molecular complexity index is 891. The standard InChI is InChI=1S/C20H16ClNO2/c1-13-7-8-15(14-5-3-2-4-6-14)11-18(13)22-20(24)17-12-16(21)9-10-19(17)23/h2-12,23H,1H3,(H,22,24). The minimum absolute atomic E-state index is 0.103. The van der Waals surface area contributed by atoms with Crippen LogP contribution in [0.5, 0.6) is 5.75 Å². The smallest absolute Gasteiger partial charge is 0.259 e. The van der Waals surface area contributed by atoms with Crippen LogP contribution in [0.4, 0.5) is 5.69 Å². The first kappa shape index (κ1) is 16.1. The maximum absolute atomic E-state index is 12.5. The summed E-state index contributed by atoms with van der Waals surface area (Å²) in [5.74, 6) is -0.503. The molecule has 3 nitrogen and oxygen atoms in total. The van der Waals surface area contributed by atoms with Crippen molar-refractivity contribution in [3.8, 4) is 16.9 Å². The molecule has 0 radical (unpaired) electrons. The second kappa shape index (κ2) is 6.77. The highest BCUT2D eigenvalue weighted by Crippen LogP contribution is 2.27. The number of nitrogens with one attached hydrogen (secondary N) is 1. The summed E-state index contributed by atoms with van der Waals surface area (Å²) in [4.78, 5) is 12.5. The van der Waals surface area contributed by atoms with E-state index in [0.717, 1.165) is 16.7 Å². The maximum Gasteiger partial charge on any atom is 0.259 e. The summed E-state index contributed by atoms with van der Waals surface area (Å²) in [5.41, 5.74) is 3.85. The molecular weight excluding hydrogens is 322 g/mol. The van der Waals surface area contributed by atoms with E-state index in [2.05, 4.69) is 5.32 Å². The summed E-state index contributed by atoms with van der Waals surface area (Å²) < 4.78 is 0. The van der Waals surface area contributed by atoms with Crippen LogP contribution in [0.25, 0.3) is 11.1 Å². The Morgan fingerprint density at radius 3 is 2.46 bits per heavy atom. The molecule has 1 amide bonds. The number of hydrogen-bond acceptors (Lipinski definition) is 2. The first-order valence-corrected chi connectivity index (χ1v) is 7.88. The van der Waals surface area contributed by atoms with E-state index in [1.165, 1.54) is 18.2 Å². The summed E-state index contributed by atoms with van der Waals surface area (Å²) in [7, 11) is 0. The molecule has 0 saturated carbocycles. The van der Waals surface area contributed by atoms with Crippen molar-refractivity contribution >= 4 is 23.2 Å². The summed E-state index contributed by atoms with van der Waals surface area (Å²) in [6, 6.07) is 20.2. The number of rotatable bonds is 3. The van der Waals surface area contributed by atoms with E-state index < -0.39 is 5.91 Å². The number of phenols is 1. The minimum atomic E-state index is -0.400. The summed E-state index contributed by atoms with van der Waals surface area (Å²) in [5, 5.41) is 13.1. The molecule has 120 valence electrons. The zero-order chi connectivity index (χ0) is 17.1. The van der Waals surface area contributed by atoms with Gasteiger partial charge in [-0.1, -0.05) is 54.1 Å². The summed E-state index contributed by atoms with van der Waals surface area (Å²) in [6.07, 6.45) is 0. The third-order valence-corrected chi connectivity index (χ3v) is 4.03. The van der Waals surface area contributed by atoms with Crippen molar-refractivity contribution < 1.29 is 9.90 Å². The zero-order valence-electron chi connectivity index (χ0n) is 13.1. The van der Waals surface area contributed by atoms with Gasteiger partial charge in [0.05, 0.1) is 5.56 Å². The van der Waals surface area contributed by atoms with Gasteiger partial charge in [0, 0.05) is 10.7 Å². The van der Waals surface area contributed by atoms with E-state index in [1.807, 2.05) is 55.5 Å². The molecule has 0 aliphatic heterocycles. The molecule has 3 aromatic rings. The lowest BCUT2D eigenvalue weighted by Gasteiger charge is -2.12. The van der Waals surface area contributed by atoms with Gasteiger partial charge in [0.15, 0.2) is 0 Å². The van der Waals surface area contributed by atoms with Crippen molar-refractivity contribution in [2.24, 2.45) is 0 Å². The molecule has 0 fully saturated rings. The van der Waals surface area contributed by atoms with Crippen molar-refractivity contribution in [3.63, 3.8) is 0 Å². The molecule has 0 aromatic heterocycles. The number of anilines is 1.